The van der Waals surface area contributed by atoms with Crippen LogP contribution in [0, 0.1) is 35.8 Å². The third-order valence-electron chi connectivity index (χ3n) is 12.5. The number of imide groups is 1. The van der Waals surface area contributed by atoms with E-state index in [1.807, 2.05) is 150 Å². The summed E-state index contributed by atoms with van der Waals surface area (Å²) in [6.45, 7) is 15.8. The van der Waals surface area contributed by atoms with Crippen molar-refractivity contribution in [3.63, 3.8) is 0 Å². The number of carbonyl (C=O) groups excluding carboxylic acids is 2. The summed E-state index contributed by atoms with van der Waals surface area (Å²) in [4.78, 5) is 40.0. The van der Waals surface area contributed by atoms with Gasteiger partial charge in [0.25, 0.3) is 11.8 Å². The molecule has 2 amide bonds. The van der Waals surface area contributed by atoms with Crippen molar-refractivity contribution < 1.29 is 9.59 Å². The van der Waals surface area contributed by atoms with Gasteiger partial charge in [-0.25, -0.2) is 14.6 Å². The van der Waals surface area contributed by atoms with E-state index in [9.17, 15) is 10.5 Å². The van der Waals surface area contributed by atoms with Gasteiger partial charge in [-0.2, -0.15) is 10.5 Å². The Morgan fingerprint density at radius 1 is 0.412 bits per heavy atom. The largest absolute Gasteiger partial charge is 0.307 e. The van der Waals surface area contributed by atoms with Gasteiger partial charge in [-0.3, -0.25) is 9.59 Å². The molecule has 314 valence electrons. The summed E-state index contributed by atoms with van der Waals surface area (Å²) >= 11 is 0. The fourth-order valence-corrected chi connectivity index (χ4v) is 9.62. The summed E-state index contributed by atoms with van der Waals surface area (Å²) in [6, 6.07) is 65.1. The van der Waals surface area contributed by atoms with Crippen LogP contribution in [0.2, 0.25) is 0 Å². The zero-order valence-corrected chi connectivity index (χ0v) is 36.0. The van der Waals surface area contributed by atoms with E-state index in [1.54, 1.807) is 48.5 Å². The monoisotopic (exact) mass is 868 g/mol. The molecule has 0 aliphatic carbocycles. The molecule has 9 aromatic carbocycles. The van der Waals surface area contributed by atoms with E-state index in [4.69, 9.17) is 13.1 Å². The summed E-state index contributed by atoms with van der Waals surface area (Å²) in [5, 5.41) is 21.8. The molecule has 0 spiro atoms. The number of benzene rings is 9. The third-order valence-corrected chi connectivity index (χ3v) is 12.5. The minimum Gasteiger partial charge on any atom is -0.307 e. The van der Waals surface area contributed by atoms with Gasteiger partial charge >= 0.3 is 0 Å². The molecule has 0 bridgehead atoms. The zero-order valence-electron chi connectivity index (χ0n) is 36.0. The normalized spacial score (nSPS) is 11.8. The first kappa shape index (κ1) is 40.6. The van der Waals surface area contributed by atoms with Crippen molar-refractivity contribution in [2.75, 3.05) is 4.90 Å². The molecule has 1 aromatic heterocycles. The number of hydrogen-bond donors (Lipinski definition) is 0. The third kappa shape index (κ3) is 6.58. The molecule has 8 heteroatoms. The number of amides is 2. The number of nitrogens with zero attached hydrogens (tertiary/aromatic N) is 6. The minimum absolute atomic E-state index is 0.186. The average molecular weight is 869 g/mol. The number of anilines is 1. The Balaban J connectivity index is 1.23. The number of hydrogen-bond acceptors (Lipinski definition) is 4. The van der Waals surface area contributed by atoms with E-state index >= 15 is 9.59 Å². The average Bonchev–Trinajstić information content (AvgIpc) is 3.88. The van der Waals surface area contributed by atoms with Crippen LogP contribution in [-0.2, 0) is 0 Å². The van der Waals surface area contributed by atoms with Crippen molar-refractivity contribution in [2.24, 2.45) is 0 Å². The molecule has 11 rings (SSSR count). The highest BCUT2D eigenvalue weighted by atomic mass is 16.2. The topological polar surface area (TPSA) is 98.6 Å². The highest BCUT2D eigenvalue weighted by molar-refractivity contribution is 6.37. The van der Waals surface area contributed by atoms with E-state index in [-0.39, 0.29) is 22.5 Å². The van der Waals surface area contributed by atoms with Crippen LogP contribution in [0.3, 0.4) is 0 Å². The molecule has 68 heavy (non-hydrogen) atoms. The fraction of sp³-hybridized carbons (Fsp3) is 0. The van der Waals surface area contributed by atoms with Crippen molar-refractivity contribution in [1.29, 1.82) is 10.5 Å². The minimum atomic E-state index is -0.518. The molecule has 0 saturated carbocycles. The molecule has 8 nitrogen and oxygen atoms in total. The quantitative estimate of drug-likeness (QED) is 0.118. The van der Waals surface area contributed by atoms with Crippen LogP contribution in [0.4, 0.5) is 17.1 Å². The Labute approximate surface area is 391 Å². The van der Waals surface area contributed by atoms with Crippen LogP contribution in [0.15, 0.2) is 194 Å². The Kier molecular flexibility index (Phi) is 9.84. The summed E-state index contributed by atoms with van der Waals surface area (Å²) in [6.07, 6.45) is 0. The maximum Gasteiger partial charge on any atom is 0.268 e. The summed E-state index contributed by atoms with van der Waals surface area (Å²) < 4.78 is 1.99. The van der Waals surface area contributed by atoms with E-state index < -0.39 is 11.8 Å². The fourth-order valence-electron chi connectivity index (χ4n) is 9.62. The van der Waals surface area contributed by atoms with E-state index in [0.717, 1.165) is 33.0 Å². The van der Waals surface area contributed by atoms with Crippen LogP contribution >= 0.6 is 0 Å². The smallest absolute Gasteiger partial charge is 0.268 e. The molecule has 0 atom stereocenters. The zero-order chi connectivity index (χ0) is 46.5. The number of nitriles is 2. The van der Waals surface area contributed by atoms with Gasteiger partial charge < -0.3 is 4.57 Å². The molecule has 2 heterocycles. The van der Waals surface area contributed by atoms with Crippen molar-refractivity contribution >= 4 is 50.7 Å². The van der Waals surface area contributed by atoms with Crippen molar-refractivity contribution in [2.45, 2.75) is 0 Å². The van der Waals surface area contributed by atoms with E-state index in [1.165, 1.54) is 4.90 Å². The number of aromatic nitrogens is 1. The van der Waals surface area contributed by atoms with Crippen LogP contribution < -0.4 is 4.90 Å². The predicted octanol–water partition coefficient (Wildman–Crippen LogP) is 14.8. The SMILES string of the molecule is [C-]#[N+]c1cc(C#N)cc(-c2cccc3c4cccc(-c5cc(C#N)cc([N+]#[C-])c5)c4n(-c4cccc5c4C(=O)N(c4c(-c6ccccc6)cc(-c6ccccc6)cc4-c4ccccc4)C5=O)c23)c1. The van der Waals surface area contributed by atoms with Gasteiger partial charge in [0.05, 0.1) is 58.8 Å². The molecular formula is C60H32N6O2. The van der Waals surface area contributed by atoms with Crippen LogP contribution in [0.1, 0.15) is 31.8 Å². The molecule has 0 saturated heterocycles. The highest BCUT2D eigenvalue weighted by Crippen LogP contribution is 2.49. The van der Waals surface area contributed by atoms with Crippen molar-refractivity contribution in [1.82, 2.24) is 4.57 Å². The molecule has 1 aliphatic heterocycles. The number of carbonyl (C=O) groups is 2. The lowest BCUT2D eigenvalue weighted by molar-refractivity contribution is 0.0926. The number of fused-ring (bicyclic) bond motifs is 4. The van der Waals surface area contributed by atoms with Gasteiger partial charge in [-0.1, -0.05) is 133 Å². The molecule has 0 N–H and O–H groups in total. The lowest BCUT2D eigenvalue weighted by Crippen LogP contribution is -2.30. The Hall–Kier alpha value is -10.1. The Bertz CT molecular complexity index is 3680. The highest BCUT2D eigenvalue weighted by Gasteiger charge is 2.42. The second-order valence-electron chi connectivity index (χ2n) is 16.4. The van der Waals surface area contributed by atoms with Gasteiger partial charge in [0.1, 0.15) is 0 Å². The van der Waals surface area contributed by atoms with Gasteiger partial charge in [-0.15, -0.1) is 0 Å². The predicted molar refractivity (Wildman–Crippen MR) is 267 cm³/mol. The maximum absolute atomic E-state index is 15.9. The van der Waals surface area contributed by atoms with Gasteiger partial charge in [0.2, 0.25) is 0 Å². The Morgan fingerprint density at radius 3 is 1.34 bits per heavy atom. The number of para-hydroxylation sites is 2. The molecule has 1 aliphatic rings. The molecule has 0 unspecified atom stereocenters. The van der Waals surface area contributed by atoms with E-state index in [0.29, 0.717) is 66.9 Å². The van der Waals surface area contributed by atoms with Crippen molar-refractivity contribution in [3.8, 4) is 73.5 Å². The first-order valence-corrected chi connectivity index (χ1v) is 21.7. The summed E-state index contributed by atoms with van der Waals surface area (Å²) in [7, 11) is 0. The lowest BCUT2D eigenvalue weighted by Gasteiger charge is -2.24. The van der Waals surface area contributed by atoms with Gasteiger partial charge in [-0.05, 0) is 94.0 Å². The van der Waals surface area contributed by atoms with Crippen LogP contribution in [0.25, 0.3) is 92.8 Å². The Morgan fingerprint density at radius 2 is 0.868 bits per heavy atom. The molecule has 10 aromatic rings. The molecular weight excluding hydrogens is 837 g/mol. The second-order valence-corrected chi connectivity index (χ2v) is 16.4. The molecule has 0 radical (unpaired) electrons. The maximum atomic E-state index is 15.9. The van der Waals surface area contributed by atoms with Gasteiger partial charge in [0.15, 0.2) is 11.4 Å². The van der Waals surface area contributed by atoms with Gasteiger partial charge in [0, 0.05) is 44.2 Å². The summed E-state index contributed by atoms with van der Waals surface area (Å²) in [5.74, 6) is -1.00. The van der Waals surface area contributed by atoms with Crippen LogP contribution in [-0.4, -0.2) is 16.4 Å². The number of rotatable bonds is 7. The molecule has 0 fully saturated rings. The summed E-state index contributed by atoms with van der Waals surface area (Å²) in [5.41, 5.74) is 11.3. The van der Waals surface area contributed by atoms with E-state index in [2.05, 4.69) is 21.8 Å². The van der Waals surface area contributed by atoms with Crippen LogP contribution in [0.5, 0.6) is 0 Å². The second kappa shape index (κ2) is 16.5. The van der Waals surface area contributed by atoms with Crippen molar-refractivity contribution in [3.05, 3.63) is 239 Å². The standard InChI is InChI=1S/C60H32N6O2/c1-63-45-29-37(35-61)27-43(31-45)47-21-12-23-49-50-24-13-22-48(44-28-38(36-62)30-46(32-44)64-2)57(50)65(56(47)49)54-26-14-25-51-55(54)60(68)66(59(51)67)58-52(40-17-8-4-9-18-40)33-42(39-15-6-3-7-16-39)34-53(58)41-19-10-5-11-20-41/h3-34H. The first-order chi connectivity index (χ1) is 33.4. The first-order valence-electron chi connectivity index (χ1n) is 21.7. The lowest BCUT2D eigenvalue weighted by atomic mass is 9.90.